The summed E-state index contributed by atoms with van der Waals surface area (Å²) in [6.45, 7) is 1.74. The molecule has 0 fully saturated rings. The second-order valence-corrected chi connectivity index (χ2v) is 3.41. The molecular formula is C10H14N2O3. The van der Waals surface area contributed by atoms with Crippen LogP contribution in [0.3, 0.4) is 0 Å². The van der Waals surface area contributed by atoms with E-state index in [0.717, 1.165) is 5.56 Å². The molecule has 0 aliphatic carbocycles. The van der Waals surface area contributed by atoms with Gasteiger partial charge in [0.1, 0.15) is 6.10 Å². The summed E-state index contributed by atoms with van der Waals surface area (Å²) in [6, 6.07) is 4.87. The average Bonchev–Trinajstić information content (AvgIpc) is 2.19. The lowest BCUT2D eigenvalue weighted by atomic mass is 9.98. The number of aryl methyl sites for hydroxylation is 1. The molecule has 0 saturated heterocycles. The van der Waals surface area contributed by atoms with Crippen LogP contribution in [0.5, 0.6) is 0 Å². The molecule has 0 radical (unpaired) electrons. The lowest BCUT2D eigenvalue weighted by molar-refractivity contribution is -0.131. The molecule has 2 atom stereocenters. The number of aliphatic hydroxyl groups is 2. The molecular weight excluding hydrogens is 196 g/mol. The molecule has 1 amide bonds. The first kappa shape index (κ1) is 11.5. The number of nitrogen functional groups attached to an aromatic ring is 1. The average molecular weight is 210 g/mol. The molecule has 2 unspecified atom stereocenters. The van der Waals surface area contributed by atoms with E-state index in [2.05, 4.69) is 0 Å². The van der Waals surface area contributed by atoms with Crippen molar-refractivity contribution >= 4 is 11.6 Å². The van der Waals surface area contributed by atoms with Gasteiger partial charge in [-0.2, -0.15) is 0 Å². The van der Waals surface area contributed by atoms with Crippen molar-refractivity contribution in [3.05, 3.63) is 29.3 Å². The molecule has 1 rings (SSSR count). The van der Waals surface area contributed by atoms with Crippen LogP contribution in [-0.4, -0.2) is 22.2 Å². The van der Waals surface area contributed by atoms with Gasteiger partial charge in [0.25, 0.3) is 0 Å². The topological polar surface area (TPSA) is 110 Å². The standard InChI is InChI=1S/C10H14N2O3/c1-5-2-3-6(11)4-7(5)8(13)9(14)10(12)15/h2-4,8-9,13-14H,11H2,1H3,(H2,12,15). The van der Waals surface area contributed by atoms with Gasteiger partial charge in [0.15, 0.2) is 6.10 Å². The van der Waals surface area contributed by atoms with Gasteiger partial charge in [-0.05, 0) is 30.2 Å². The zero-order valence-corrected chi connectivity index (χ0v) is 8.34. The molecule has 1 aromatic carbocycles. The Kier molecular flexibility index (Phi) is 3.28. The van der Waals surface area contributed by atoms with Crippen molar-refractivity contribution in [3.63, 3.8) is 0 Å². The van der Waals surface area contributed by atoms with Crippen molar-refractivity contribution in [1.29, 1.82) is 0 Å². The van der Waals surface area contributed by atoms with E-state index in [4.69, 9.17) is 11.5 Å². The third kappa shape index (κ3) is 2.45. The Morgan fingerprint density at radius 1 is 1.40 bits per heavy atom. The highest BCUT2D eigenvalue weighted by molar-refractivity contribution is 5.79. The van der Waals surface area contributed by atoms with Gasteiger partial charge in [-0.25, -0.2) is 0 Å². The molecule has 0 aliphatic heterocycles. The minimum Gasteiger partial charge on any atom is -0.399 e. The van der Waals surface area contributed by atoms with Gasteiger partial charge in [-0.15, -0.1) is 0 Å². The van der Waals surface area contributed by atoms with Gasteiger partial charge in [0.05, 0.1) is 0 Å². The number of nitrogens with two attached hydrogens (primary N) is 2. The number of anilines is 1. The smallest absolute Gasteiger partial charge is 0.249 e. The van der Waals surface area contributed by atoms with Gasteiger partial charge in [-0.1, -0.05) is 6.07 Å². The summed E-state index contributed by atoms with van der Waals surface area (Å²) in [4.78, 5) is 10.7. The van der Waals surface area contributed by atoms with Gasteiger partial charge in [-0.3, -0.25) is 4.79 Å². The summed E-state index contributed by atoms with van der Waals surface area (Å²) in [5.41, 5.74) is 12.0. The van der Waals surface area contributed by atoms with Crippen LogP contribution in [0.25, 0.3) is 0 Å². The lowest BCUT2D eigenvalue weighted by Gasteiger charge is -2.17. The monoisotopic (exact) mass is 210 g/mol. The summed E-state index contributed by atoms with van der Waals surface area (Å²) >= 11 is 0. The fraction of sp³-hybridized carbons (Fsp3) is 0.300. The number of amides is 1. The van der Waals surface area contributed by atoms with Crippen LogP contribution in [0, 0.1) is 6.92 Å². The molecule has 0 aromatic heterocycles. The first-order valence-electron chi connectivity index (χ1n) is 4.45. The number of rotatable bonds is 3. The molecule has 0 heterocycles. The number of hydrogen-bond donors (Lipinski definition) is 4. The van der Waals surface area contributed by atoms with Crippen LogP contribution >= 0.6 is 0 Å². The molecule has 6 N–H and O–H groups in total. The van der Waals surface area contributed by atoms with Crippen molar-refractivity contribution in [2.24, 2.45) is 5.73 Å². The predicted molar refractivity (Wildman–Crippen MR) is 55.8 cm³/mol. The second kappa shape index (κ2) is 4.29. The highest BCUT2D eigenvalue weighted by Gasteiger charge is 2.24. The van der Waals surface area contributed by atoms with Crippen molar-refractivity contribution in [1.82, 2.24) is 0 Å². The van der Waals surface area contributed by atoms with E-state index >= 15 is 0 Å². The van der Waals surface area contributed by atoms with E-state index in [1.165, 1.54) is 6.07 Å². The molecule has 0 aliphatic rings. The van der Waals surface area contributed by atoms with Crippen molar-refractivity contribution in [3.8, 4) is 0 Å². The van der Waals surface area contributed by atoms with E-state index in [1.54, 1.807) is 19.1 Å². The summed E-state index contributed by atoms with van der Waals surface area (Å²) in [7, 11) is 0. The molecule has 0 bridgehead atoms. The van der Waals surface area contributed by atoms with Crippen LogP contribution in [0.2, 0.25) is 0 Å². The number of carbonyl (C=O) groups is 1. The SMILES string of the molecule is Cc1ccc(N)cc1C(O)C(O)C(N)=O. The normalized spacial score (nSPS) is 14.6. The van der Waals surface area contributed by atoms with E-state index < -0.39 is 18.1 Å². The number of primary amides is 1. The maximum absolute atomic E-state index is 10.7. The van der Waals surface area contributed by atoms with Gasteiger partial charge in [0, 0.05) is 5.69 Å². The van der Waals surface area contributed by atoms with Crippen LogP contribution in [-0.2, 0) is 4.79 Å². The maximum Gasteiger partial charge on any atom is 0.249 e. The molecule has 1 aromatic rings. The highest BCUT2D eigenvalue weighted by Crippen LogP contribution is 2.22. The Labute approximate surface area is 87.3 Å². The van der Waals surface area contributed by atoms with Gasteiger partial charge in [0.2, 0.25) is 5.91 Å². The maximum atomic E-state index is 10.7. The van der Waals surface area contributed by atoms with Crippen molar-refractivity contribution in [2.45, 2.75) is 19.1 Å². The van der Waals surface area contributed by atoms with E-state index in [-0.39, 0.29) is 0 Å². The Balaban J connectivity index is 3.04. The zero-order chi connectivity index (χ0) is 11.6. The van der Waals surface area contributed by atoms with E-state index in [1.807, 2.05) is 0 Å². The number of hydrogen-bond acceptors (Lipinski definition) is 4. The second-order valence-electron chi connectivity index (χ2n) is 3.41. The minimum atomic E-state index is -1.62. The van der Waals surface area contributed by atoms with Crippen LogP contribution in [0.4, 0.5) is 5.69 Å². The Hall–Kier alpha value is -1.59. The first-order valence-corrected chi connectivity index (χ1v) is 4.45. The molecule has 5 nitrogen and oxygen atoms in total. The van der Waals surface area contributed by atoms with Crippen LogP contribution < -0.4 is 11.5 Å². The largest absolute Gasteiger partial charge is 0.399 e. The highest BCUT2D eigenvalue weighted by atomic mass is 16.3. The third-order valence-corrected chi connectivity index (χ3v) is 2.21. The summed E-state index contributed by atoms with van der Waals surface area (Å²) in [5, 5.41) is 19.0. The lowest BCUT2D eigenvalue weighted by Crippen LogP contribution is -2.34. The molecule has 0 saturated carbocycles. The Morgan fingerprint density at radius 3 is 2.53 bits per heavy atom. The van der Waals surface area contributed by atoms with Crippen LogP contribution in [0.15, 0.2) is 18.2 Å². The van der Waals surface area contributed by atoms with Crippen molar-refractivity contribution < 1.29 is 15.0 Å². The molecule has 15 heavy (non-hydrogen) atoms. The number of carbonyl (C=O) groups excluding carboxylic acids is 1. The summed E-state index contributed by atoms with van der Waals surface area (Å²) < 4.78 is 0. The predicted octanol–water partition coefficient (Wildman–Crippen LogP) is -0.543. The Morgan fingerprint density at radius 2 is 2.00 bits per heavy atom. The van der Waals surface area contributed by atoms with Gasteiger partial charge >= 0.3 is 0 Å². The van der Waals surface area contributed by atoms with Crippen molar-refractivity contribution in [2.75, 3.05) is 5.73 Å². The zero-order valence-electron chi connectivity index (χ0n) is 8.34. The van der Waals surface area contributed by atoms with E-state index in [0.29, 0.717) is 11.3 Å². The summed E-state index contributed by atoms with van der Waals surface area (Å²) in [5.74, 6) is -0.968. The van der Waals surface area contributed by atoms with Gasteiger partial charge < -0.3 is 21.7 Å². The minimum absolute atomic E-state index is 0.404. The fourth-order valence-corrected chi connectivity index (χ4v) is 1.30. The number of aliphatic hydroxyl groups excluding tert-OH is 2. The van der Waals surface area contributed by atoms with Crippen LogP contribution in [0.1, 0.15) is 17.2 Å². The quantitative estimate of drug-likeness (QED) is 0.502. The number of benzene rings is 1. The third-order valence-electron chi connectivity index (χ3n) is 2.21. The fourth-order valence-electron chi connectivity index (χ4n) is 1.30. The molecule has 82 valence electrons. The van der Waals surface area contributed by atoms with E-state index in [9.17, 15) is 15.0 Å². The Bertz CT molecular complexity index is 379. The first-order chi connectivity index (χ1) is 6.93. The molecule has 5 heteroatoms. The molecule has 0 spiro atoms. The summed E-state index contributed by atoms with van der Waals surface area (Å²) in [6.07, 6.45) is -2.96.